The fourth-order valence-electron chi connectivity index (χ4n) is 2.78. The summed E-state index contributed by atoms with van der Waals surface area (Å²) in [5.41, 5.74) is 1.68. The lowest BCUT2D eigenvalue weighted by Crippen LogP contribution is -2.39. The van der Waals surface area contributed by atoms with Crippen molar-refractivity contribution < 1.29 is 4.79 Å². The van der Waals surface area contributed by atoms with Gasteiger partial charge in [-0.1, -0.05) is 0 Å². The average molecular weight is 282 g/mol. The number of carbonyl (C=O) groups is 1. The van der Waals surface area contributed by atoms with Crippen LogP contribution in [0.5, 0.6) is 0 Å². The smallest absolute Gasteiger partial charge is 0.255 e. The number of pyridine rings is 1. The highest BCUT2D eigenvalue weighted by atomic mass is 16.2. The Balaban J connectivity index is 1.75. The quantitative estimate of drug-likeness (QED) is 0.847. The molecule has 3 rings (SSSR count). The van der Waals surface area contributed by atoms with Gasteiger partial charge in [-0.25, -0.2) is 9.97 Å². The Kier molecular flexibility index (Phi) is 3.90. The van der Waals surface area contributed by atoms with Crippen molar-refractivity contribution in [1.29, 1.82) is 0 Å². The van der Waals surface area contributed by atoms with Crippen LogP contribution in [-0.4, -0.2) is 38.8 Å². The molecule has 2 aromatic heterocycles. The minimum absolute atomic E-state index is 0.0542. The molecule has 1 aliphatic heterocycles. The molecule has 0 aromatic carbocycles. The summed E-state index contributed by atoms with van der Waals surface area (Å²) in [5.74, 6) is 1.13. The van der Waals surface area contributed by atoms with Gasteiger partial charge in [-0.05, 0) is 38.0 Å². The number of nitrogens with zero attached hydrogens (tertiary/aromatic N) is 4. The molecule has 1 amide bonds. The number of rotatable bonds is 2. The Morgan fingerprint density at radius 1 is 1.33 bits per heavy atom. The van der Waals surface area contributed by atoms with Crippen LogP contribution in [0.25, 0.3) is 0 Å². The van der Waals surface area contributed by atoms with Crippen LogP contribution in [0.1, 0.15) is 40.6 Å². The number of hydrogen-bond acceptors (Lipinski definition) is 4. The number of carbonyl (C=O) groups excluding carboxylic acids is 1. The molecule has 21 heavy (non-hydrogen) atoms. The molecule has 0 N–H and O–H groups in total. The van der Waals surface area contributed by atoms with Crippen molar-refractivity contribution in [1.82, 2.24) is 19.9 Å². The summed E-state index contributed by atoms with van der Waals surface area (Å²) in [6.07, 6.45) is 7.16. The van der Waals surface area contributed by atoms with Gasteiger partial charge in [0.1, 0.15) is 5.82 Å². The van der Waals surface area contributed by atoms with Crippen LogP contribution in [0.2, 0.25) is 0 Å². The molecular formula is C16H18N4O. The topological polar surface area (TPSA) is 59.0 Å². The van der Waals surface area contributed by atoms with Crippen LogP contribution in [0, 0.1) is 6.92 Å². The highest BCUT2D eigenvalue weighted by Crippen LogP contribution is 2.26. The molecule has 108 valence electrons. The molecule has 1 fully saturated rings. The number of hydrogen-bond donors (Lipinski definition) is 0. The molecule has 1 saturated heterocycles. The van der Waals surface area contributed by atoms with E-state index >= 15 is 0 Å². The van der Waals surface area contributed by atoms with Crippen molar-refractivity contribution in [2.75, 3.05) is 13.1 Å². The fraction of sp³-hybridized carbons (Fsp3) is 0.375. The Morgan fingerprint density at radius 2 is 2.24 bits per heavy atom. The van der Waals surface area contributed by atoms with Crippen LogP contribution >= 0.6 is 0 Å². The second-order valence-corrected chi connectivity index (χ2v) is 5.36. The molecule has 0 radical (unpaired) electrons. The number of aromatic nitrogens is 3. The van der Waals surface area contributed by atoms with E-state index < -0.39 is 0 Å². The molecule has 0 aliphatic carbocycles. The van der Waals surface area contributed by atoms with E-state index in [0.717, 1.165) is 30.9 Å². The summed E-state index contributed by atoms with van der Waals surface area (Å²) >= 11 is 0. The van der Waals surface area contributed by atoms with Crippen molar-refractivity contribution in [3.8, 4) is 0 Å². The maximum atomic E-state index is 12.5. The zero-order valence-electron chi connectivity index (χ0n) is 12.1. The molecule has 0 bridgehead atoms. The van der Waals surface area contributed by atoms with E-state index in [4.69, 9.17) is 0 Å². The van der Waals surface area contributed by atoms with Gasteiger partial charge in [0.05, 0.1) is 5.56 Å². The number of amides is 1. The van der Waals surface area contributed by atoms with Gasteiger partial charge in [-0.3, -0.25) is 9.78 Å². The third kappa shape index (κ3) is 3.07. The number of likely N-dealkylation sites (tertiary alicyclic amines) is 1. The predicted octanol–water partition coefficient (Wildman–Crippen LogP) is 2.20. The first-order chi connectivity index (χ1) is 10.2. The highest BCUT2D eigenvalue weighted by molar-refractivity contribution is 5.93. The lowest BCUT2D eigenvalue weighted by atomic mass is 9.94. The predicted molar refractivity (Wildman–Crippen MR) is 78.9 cm³/mol. The zero-order chi connectivity index (χ0) is 14.7. The van der Waals surface area contributed by atoms with Crippen LogP contribution in [0.3, 0.4) is 0 Å². The first-order valence-corrected chi connectivity index (χ1v) is 7.23. The van der Waals surface area contributed by atoms with Crippen LogP contribution in [0.4, 0.5) is 0 Å². The van der Waals surface area contributed by atoms with Crippen LogP contribution in [0.15, 0.2) is 36.8 Å². The molecule has 0 saturated carbocycles. The van der Waals surface area contributed by atoms with E-state index in [2.05, 4.69) is 15.0 Å². The van der Waals surface area contributed by atoms with E-state index in [0.29, 0.717) is 18.0 Å². The Labute approximate surface area is 124 Å². The standard InChI is InChI=1S/C16H18N4O/c1-12-18-8-6-15(19-12)14-5-3-9-20(11-14)16(21)13-4-2-7-17-10-13/h2,4,6-8,10,14H,3,5,9,11H2,1H3/t14-/m1/s1. The van der Waals surface area contributed by atoms with E-state index in [-0.39, 0.29) is 5.91 Å². The second kappa shape index (κ2) is 5.99. The van der Waals surface area contributed by atoms with E-state index in [1.165, 1.54) is 0 Å². The molecular weight excluding hydrogens is 264 g/mol. The highest BCUT2D eigenvalue weighted by Gasteiger charge is 2.26. The van der Waals surface area contributed by atoms with E-state index in [1.54, 1.807) is 24.7 Å². The first kappa shape index (κ1) is 13.7. The molecule has 2 aromatic rings. The van der Waals surface area contributed by atoms with Gasteiger partial charge in [0.2, 0.25) is 0 Å². The molecule has 5 nitrogen and oxygen atoms in total. The second-order valence-electron chi connectivity index (χ2n) is 5.36. The normalized spacial score (nSPS) is 18.5. The molecule has 5 heteroatoms. The Bertz CT molecular complexity index is 629. The monoisotopic (exact) mass is 282 g/mol. The summed E-state index contributed by atoms with van der Waals surface area (Å²) in [7, 11) is 0. The van der Waals surface area contributed by atoms with Crippen LogP contribution < -0.4 is 0 Å². The summed E-state index contributed by atoms with van der Waals surface area (Å²) < 4.78 is 0. The Morgan fingerprint density at radius 3 is 3.00 bits per heavy atom. The van der Waals surface area contributed by atoms with Crippen LogP contribution in [-0.2, 0) is 0 Å². The van der Waals surface area contributed by atoms with Gasteiger partial charge >= 0.3 is 0 Å². The van der Waals surface area contributed by atoms with E-state index in [1.807, 2.05) is 24.0 Å². The minimum Gasteiger partial charge on any atom is -0.338 e. The average Bonchev–Trinajstić information content (AvgIpc) is 2.55. The van der Waals surface area contributed by atoms with Gasteiger partial charge < -0.3 is 4.90 Å². The van der Waals surface area contributed by atoms with Gasteiger partial charge in [0.25, 0.3) is 5.91 Å². The van der Waals surface area contributed by atoms with Crippen molar-refractivity contribution in [2.45, 2.75) is 25.7 Å². The summed E-state index contributed by atoms with van der Waals surface area (Å²) in [6.45, 7) is 3.41. The SMILES string of the molecule is Cc1nccc([C@@H]2CCCN(C(=O)c3cccnc3)C2)n1. The zero-order valence-corrected chi connectivity index (χ0v) is 12.1. The molecule has 1 atom stereocenters. The largest absolute Gasteiger partial charge is 0.338 e. The van der Waals surface area contributed by atoms with Gasteiger partial charge in [0, 0.05) is 43.3 Å². The maximum Gasteiger partial charge on any atom is 0.255 e. The molecule has 1 aliphatic rings. The molecule has 0 spiro atoms. The molecule has 0 unspecified atom stereocenters. The first-order valence-electron chi connectivity index (χ1n) is 7.23. The third-order valence-corrected chi connectivity index (χ3v) is 3.83. The maximum absolute atomic E-state index is 12.5. The molecule has 3 heterocycles. The summed E-state index contributed by atoms with van der Waals surface area (Å²) in [4.78, 5) is 27.1. The van der Waals surface area contributed by atoms with Crippen molar-refractivity contribution in [3.63, 3.8) is 0 Å². The minimum atomic E-state index is 0.0542. The van der Waals surface area contributed by atoms with Gasteiger partial charge in [0.15, 0.2) is 0 Å². The number of piperidine rings is 1. The summed E-state index contributed by atoms with van der Waals surface area (Å²) in [6, 6.07) is 5.56. The Hall–Kier alpha value is -2.30. The van der Waals surface area contributed by atoms with Crippen molar-refractivity contribution in [3.05, 3.63) is 53.9 Å². The van der Waals surface area contributed by atoms with Gasteiger partial charge in [-0.2, -0.15) is 0 Å². The van der Waals surface area contributed by atoms with E-state index in [9.17, 15) is 4.79 Å². The lowest BCUT2D eigenvalue weighted by Gasteiger charge is -2.32. The van der Waals surface area contributed by atoms with Gasteiger partial charge in [-0.15, -0.1) is 0 Å². The fourth-order valence-corrected chi connectivity index (χ4v) is 2.78. The van der Waals surface area contributed by atoms with Crippen molar-refractivity contribution in [2.24, 2.45) is 0 Å². The van der Waals surface area contributed by atoms with Crippen molar-refractivity contribution >= 4 is 5.91 Å². The third-order valence-electron chi connectivity index (χ3n) is 3.83. The number of aryl methyl sites for hydroxylation is 1. The lowest BCUT2D eigenvalue weighted by molar-refractivity contribution is 0.0705. The summed E-state index contributed by atoms with van der Waals surface area (Å²) in [5, 5.41) is 0.